The highest BCUT2D eigenvalue weighted by Crippen LogP contribution is 2.20. The maximum absolute atomic E-state index is 5.49. The third-order valence-corrected chi connectivity index (χ3v) is 4.21. The highest BCUT2D eigenvalue weighted by atomic mass is 32.1. The summed E-state index contributed by atoms with van der Waals surface area (Å²) >= 11 is 7.30. The van der Waals surface area contributed by atoms with E-state index < -0.39 is 0 Å². The van der Waals surface area contributed by atoms with Gasteiger partial charge in [-0.2, -0.15) is 0 Å². The smallest absolute Gasteiger partial charge is 0.119 e. The molecule has 3 heteroatoms. The molecule has 0 spiro atoms. The molecule has 0 N–H and O–H groups in total. The number of hydrogen-bond donors (Lipinski definition) is 0. The number of likely N-dealkylation sites (tertiary alicyclic amines) is 1. The zero-order valence-electron chi connectivity index (χ0n) is 8.45. The van der Waals surface area contributed by atoms with E-state index in [2.05, 4.69) is 24.0 Å². The number of thiocarbonyl (C=S) groups is 1. The van der Waals surface area contributed by atoms with Crippen molar-refractivity contribution in [3.63, 3.8) is 0 Å². The van der Waals surface area contributed by atoms with Crippen LogP contribution in [-0.4, -0.2) is 23.0 Å². The summed E-state index contributed by atoms with van der Waals surface area (Å²) in [4.78, 5) is 6.02. The lowest BCUT2D eigenvalue weighted by Crippen LogP contribution is -2.34. The van der Waals surface area contributed by atoms with Crippen molar-refractivity contribution in [2.45, 2.75) is 26.2 Å². The van der Waals surface area contributed by atoms with E-state index >= 15 is 0 Å². The Morgan fingerprint density at radius 1 is 1.29 bits per heavy atom. The first kappa shape index (κ1) is 10.1. The van der Waals surface area contributed by atoms with Crippen molar-refractivity contribution in [3.05, 3.63) is 21.9 Å². The topological polar surface area (TPSA) is 3.24 Å². The van der Waals surface area contributed by atoms with Crippen LogP contribution in [0, 0.1) is 6.92 Å². The average molecular weight is 225 g/mol. The average Bonchev–Trinajstić information content (AvgIpc) is 2.65. The fourth-order valence-electron chi connectivity index (χ4n) is 1.80. The van der Waals surface area contributed by atoms with Gasteiger partial charge in [0.05, 0.1) is 4.88 Å². The lowest BCUT2D eigenvalue weighted by atomic mass is 10.1. The van der Waals surface area contributed by atoms with Gasteiger partial charge in [-0.15, -0.1) is 11.3 Å². The molecular formula is C11H15NS2. The Morgan fingerprint density at radius 2 is 2.00 bits per heavy atom. The van der Waals surface area contributed by atoms with Crippen LogP contribution in [0.25, 0.3) is 0 Å². The summed E-state index contributed by atoms with van der Waals surface area (Å²) in [5.74, 6) is 0. The van der Waals surface area contributed by atoms with Gasteiger partial charge in [-0.05, 0) is 38.3 Å². The number of rotatable bonds is 1. The quantitative estimate of drug-likeness (QED) is 0.675. The van der Waals surface area contributed by atoms with Crippen LogP contribution in [0.1, 0.15) is 29.0 Å². The first-order valence-corrected chi connectivity index (χ1v) is 6.35. The second kappa shape index (κ2) is 4.41. The molecule has 0 aliphatic carbocycles. The zero-order chi connectivity index (χ0) is 9.97. The second-order valence-electron chi connectivity index (χ2n) is 3.76. The molecule has 1 fully saturated rings. The molecule has 1 aromatic heterocycles. The fourth-order valence-corrected chi connectivity index (χ4v) is 3.01. The molecular weight excluding hydrogens is 210 g/mol. The van der Waals surface area contributed by atoms with Crippen molar-refractivity contribution >= 4 is 28.5 Å². The molecule has 0 amide bonds. The highest BCUT2D eigenvalue weighted by molar-refractivity contribution is 7.81. The van der Waals surface area contributed by atoms with E-state index in [-0.39, 0.29) is 0 Å². The van der Waals surface area contributed by atoms with Crippen LogP contribution in [0.15, 0.2) is 12.1 Å². The predicted octanol–water partition coefficient (Wildman–Crippen LogP) is 3.22. The summed E-state index contributed by atoms with van der Waals surface area (Å²) in [6.07, 6.45) is 3.96. The van der Waals surface area contributed by atoms with Crippen LogP contribution >= 0.6 is 23.6 Å². The van der Waals surface area contributed by atoms with Crippen molar-refractivity contribution in [1.29, 1.82) is 0 Å². The number of aryl methyl sites for hydroxylation is 1. The maximum atomic E-state index is 5.49. The summed E-state index contributed by atoms with van der Waals surface area (Å²) in [6.45, 7) is 4.43. The van der Waals surface area contributed by atoms with Crippen molar-refractivity contribution < 1.29 is 0 Å². The molecule has 76 valence electrons. The van der Waals surface area contributed by atoms with Crippen molar-refractivity contribution in [1.82, 2.24) is 4.90 Å². The Balaban J connectivity index is 2.07. The fraction of sp³-hybridized carbons (Fsp3) is 0.545. The highest BCUT2D eigenvalue weighted by Gasteiger charge is 2.15. The Morgan fingerprint density at radius 3 is 2.57 bits per heavy atom. The molecule has 1 nitrogen and oxygen atoms in total. The number of piperidine rings is 1. The molecule has 0 bridgehead atoms. The summed E-state index contributed by atoms with van der Waals surface area (Å²) in [6, 6.07) is 4.30. The van der Waals surface area contributed by atoms with Gasteiger partial charge in [0, 0.05) is 18.0 Å². The lowest BCUT2D eigenvalue weighted by molar-refractivity contribution is 0.348. The molecule has 0 aromatic carbocycles. The van der Waals surface area contributed by atoms with Crippen LogP contribution in [0.4, 0.5) is 0 Å². The van der Waals surface area contributed by atoms with Crippen LogP contribution in [0.5, 0.6) is 0 Å². The van der Waals surface area contributed by atoms with Gasteiger partial charge in [0.25, 0.3) is 0 Å². The second-order valence-corrected chi connectivity index (χ2v) is 5.44. The first-order chi connectivity index (χ1) is 6.77. The lowest BCUT2D eigenvalue weighted by Gasteiger charge is -2.28. The molecule has 1 aliphatic rings. The van der Waals surface area contributed by atoms with Crippen LogP contribution in [0.3, 0.4) is 0 Å². The van der Waals surface area contributed by atoms with Crippen molar-refractivity contribution in [3.8, 4) is 0 Å². The van der Waals surface area contributed by atoms with Crippen molar-refractivity contribution in [2.24, 2.45) is 0 Å². The largest absolute Gasteiger partial charge is 0.362 e. The monoisotopic (exact) mass is 225 g/mol. The normalized spacial score (nSPS) is 17.1. The summed E-state index contributed by atoms with van der Waals surface area (Å²) in [5, 5.41) is 0. The predicted molar refractivity (Wildman–Crippen MR) is 66.2 cm³/mol. The summed E-state index contributed by atoms with van der Waals surface area (Å²) in [7, 11) is 0. The van der Waals surface area contributed by atoms with Gasteiger partial charge in [0.15, 0.2) is 0 Å². The number of nitrogens with zero attached hydrogens (tertiary/aromatic N) is 1. The molecule has 1 aromatic rings. The SMILES string of the molecule is Cc1ccc(C(=S)N2CCCCC2)s1. The molecule has 0 radical (unpaired) electrons. The van der Waals surface area contributed by atoms with Crippen LogP contribution in [-0.2, 0) is 0 Å². The third-order valence-electron chi connectivity index (χ3n) is 2.59. The standard InChI is InChI=1S/C11H15NS2/c1-9-5-6-10(14-9)11(13)12-7-3-2-4-8-12/h5-6H,2-4,7-8H2,1H3. The van der Waals surface area contributed by atoms with Gasteiger partial charge in [-0.25, -0.2) is 0 Å². The zero-order valence-corrected chi connectivity index (χ0v) is 10.1. The first-order valence-electron chi connectivity index (χ1n) is 5.13. The molecule has 1 saturated heterocycles. The van der Waals surface area contributed by atoms with Gasteiger partial charge >= 0.3 is 0 Å². The van der Waals surface area contributed by atoms with E-state index in [1.54, 1.807) is 11.3 Å². The molecule has 0 saturated carbocycles. The summed E-state index contributed by atoms with van der Waals surface area (Å²) < 4.78 is 0. The molecule has 14 heavy (non-hydrogen) atoms. The minimum absolute atomic E-state index is 1.06. The maximum Gasteiger partial charge on any atom is 0.119 e. The van der Waals surface area contributed by atoms with Gasteiger partial charge in [0.1, 0.15) is 4.99 Å². The summed E-state index contributed by atoms with van der Waals surface area (Å²) in [5.41, 5.74) is 0. The van der Waals surface area contributed by atoms with Crippen molar-refractivity contribution in [2.75, 3.05) is 13.1 Å². The number of hydrogen-bond acceptors (Lipinski definition) is 2. The number of thiophene rings is 1. The molecule has 0 unspecified atom stereocenters. The van der Waals surface area contributed by atoms with E-state index in [0.717, 1.165) is 18.1 Å². The van der Waals surface area contributed by atoms with Crippen LogP contribution in [0.2, 0.25) is 0 Å². The molecule has 2 rings (SSSR count). The van der Waals surface area contributed by atoms with E-state index in [1.807, 2.05) is 0 Å². The minimum atomic E-state index is 1.06. The minimum Gasteiger partial charge on any atom is -0.362 e. The Bertz CT molecular complexity index is 324. The van der Waals surface area contributed by atoms with Gasteiger partial charge in [-0.3, -0.25) is 0 Å². The third kappa shape index (κ3) is 2.15. The van der Waals surface area contributed by atoms with E-state index in [0.29, 0.717) is 0 Å². The Kier molecular flexibility index (Phi) is 3.19. The Hall–Kier alpha value is -0.410. The van der Waals surface area contributed by atoms with E-state index in [9.17, 15) is 0 Å². The van der Waals surface area contributed by atoms with Gasteiger partial charge in [0.2, 0.25) is 0 Å². The van der Waals surface area contributed by atoms with E-state index in [1.165, 1.54) is 29.0 Å². The molecule has 0 atom stereocenters. The van der Waals surface area contributed by atoms with Gasteiger partial charge in [-0.1, -0.05) is 12.2 Å². The van der Waals surface area contributed by atoms with E-state index in [4.69, 9.17) is 12.2 Å². The molecule has 1 aliphatic heterocycles. The Labute approximate surface area is 94.7 Å². The van der Waals surface area contributed by atoms with Gasteiger partial charge < -0.3 is 4.90 Å². The molecule has 2 heterocycles. The van der Waals surface area contributed by atoms with Crippen LogP contribution < -0.4 is 0 Å².